The highest BCUT2D eigenvalue weighted by Gasteiger charge is 2.06. The summed E-state index contributed by atoms with van der Waals surface area (Å²) < 4.78 is 0.943. The molecule has 2 nitrogen and oxygen atoms in total. The van der Waals surface area contributed by atoms with Gasteiger partial charge in [-0.3, -0.25) is 0 Å². The molecule has 0 saturated heterocycles. The van der Waals surface area contributed by atoms with Crippen molar-refractivity contribution in [3.05, 3.63) is 21.9 Å². The zero-order valence-corrected chi connectivity index (χ0v) is 11.4. The number of hydrogen-bond acceptors (Lipinski definition) is 2. The van der Waals surface area contributed by atoms with Crippen LogP contribution in [0, 0.1) is 5.92 Å². The molecule has 0 radical (unpaired) electrons. The third-order valence-corrected chi connectivity index (χ3v) is 3.28. The number of nitrogens with zero attached hydrogens (tertiary/aromatic N) is 1. The van der Waals surface area contributed by atoms with Crippen LogP contribution in [-0.2, 0) is 0 Å². The summed E-state index contributed by atoms with van der Waals surface area (Å²) in [5.74, 6) is 0.694. The van der Waals surface area contributed by atoms with Gasteiger partial charge in [-0.15, -0.1) is 0 Å². The average molecular weight is 292 g/mol. The Morgan fingerprint density at radius 2 is 2.13 bits per heavy atom. The fraction of sp³-hybridized carbons (Fsp3) is 0.545. The van der Waals surface area contributed by atoms with Crippen molar-refractivity contribution in [1.82, 2.24) is 4.98 Å². The van der Waals surface area contributed by atoms with Gasteiger partial charge in [0.2, 0.25) is 0 Å². The Morgan fingerprint density at radius 1 is 1.47 bits per heavy atom. The molecule has 0 bridgehead atoms. The van der Waals surface area contributed by atoms with Gasteiger partial charge in [0.05, 0.1) is 5.69 Å². The van der Waals surface area contributed by atoms with Gasteiger partial charge in [-0.05, 0) is 27.9 Å². The van der Waals surface area contributed by atoms with Gasteiger partial charge in [0, 0.05) is 17.2 Å². The molecular weight excluding hydrogens is 275 g/mol. The maximum atomic E-state index is 5.97. The van der Waals surface area contributed by atoms with Crippen LogP contribution in [0.5, 0.6) is 0 Å². The van der Waals surface area contributed by atoms with Crippen LogP contribution in [0.3, 0.4) is 0 Å². The minimum atomic E-state index is 0.532. The van der Waals surface area contributed by atoms with Crippen molar-refractivity contribution in [3.63, 3.8) is 0 Å². The van der Waals surface area contributed by atoms with E-state index in [1.54, 1.807) is 6.20 Å². The smallest absolute Gasteiger partial charge is 0.152 e. The van der Waals surface area contributed by atoms with Gasteiger partial charge in [-0.2, -0.15) is 0 Å². The van der Waals surface area contributed by atoms with Gasteiger partial charge in [-0.25, -0.2) is 4.98 Å². The number of halogens is 2. The second kappa shape index (κ2) is 6.33. The van der Waals surface area contributed by atoms with Crippen LogP contribution in [0.1, 0.15) is 26.7 Å². The summed E-state index contributed by atoms with van der Waals surface area (Å²) >= 11 is 9.35. The predicted octanol–water partition coefficient (Wildman–Crippen LogP) is 4.35. The van der Waals surface area contributed by atoms with Crippen LogP contribution >= 0.6 is 27.5 Å². The summed E-state index contributed by atoms with van der Waals surface area (Å²) in [5, 5.41) is 3.86. The number of aromatic nitrogens is 1. The summed E-state index contributed by atoms with van der Waals surface area (Å²) in [6, 6.07) is 1.96. The van der Waals surface area contributed by atoms with Gasteiger partial charge in [0.1, 0.15) is 0 Å². The van der Waals surface area contributed by atoms with E-state index in [9.17, 15) is 0 Å². The fourth-order valence-corrected chi connectivity index (χ4v) is 1.88. The number of rotatable bonds is 5. The molecule has 0 aliphatic heterocycles. The molecule has 0 aromatic carbocycles. The maximum Gasteiger partial charge on any atom is 0.152 e. The van der Waals surface area contributed by atoms with Crippen LogP contribution in [-0.4, -0.2) is 11.5 Å². The number of hydrogen-bond donors (Lipinski definition) is 1. The van der Waals surface area contributed by atoms with Gasteiger partial charge in [0.25, 0.3) is 0 Å². The molecule has 4 heteroatoms. The van der Waals surface area contributed by atoms with Crippen molar-refractivity contribution in [2.75, 3.05) is 11.9 Å². The van der Waals surface area contributed by atoms with E-state index in [0.29, 0.717) is 11.1 Å². The first-order chi connectivity index (χ1) is 7.17. The Hall–Kier alpha value is -0.280. The fourth-order valence-electron chi connectivity index (χ4n) is 1.38. The highest BCUT2D eigenvalue weighted by molar-refractivity contribution is 9.10. The monoisotopic (exact) mass is 290 g/mol. The molecule has 1 aromatic heterocycles. The molecule has 0 amide bonds. The molecule has 1 heterocycles. The van der Waals surface area contributed by atoms with Crippen molar-refractivity contribution in [2.24, 2.45) is 5.92 Å². The lowest BCUT2D eigenvalue weighted by atomic mass is 10.0. The number of pyridine rings is 1. The van der Waals surface area contributed by atoms with E-state index in [0.717, 1.165) is 16.7 Å². The lowest BCUT2D eigenvalue weighted by Crippen LogP contribution is -2.13. The molecular formula is C11H16BrClN2. The van der Waals surface area contributed by atoms with Gasteiger partial charge in [0.15, 0.2) is 5.15 Å². The Labute approximate surface area is 105 Å². The third-order valence-electron chi connectivity index (χ3n) is 2.54. The van der Waals surface area contributed by atoms with Crippen LogP contribution < -0.4 is 5.32 Å². The molecule has 1 aromatic rings. The van der Waals surface area contributed by atoms with Gasteiger partial charge >= 0.3 is 0 Å². The highest BCUT2D eigenvalue weighted by atomic mass is 79.9. The SMILES string of the molecule is CCC(CC)CNc1cc(Br)cnc1Cl. The molecule has 0 aliphatic carbocycles. The Kier molecular flexibility index (Phi) is 5.40. The van der Waals surface area contributed by atoms with Crippen LogP contribution in [0.25, 0.3) is 0 Å². The lowest BCUT2D eigenvalue weighted by molar-refractivity contribution is 0.519. The quantitative estimate of drug-likeness (QED) is 0.816. The van der Waals surface area contributed by atoms with Crippen LogP contribution in [0.2, 0.25) is 5.15 Å². The summed E-state index contributed by atoms with van der Waals surface area (Å²) in [6.07, 6.45) is 4.07. The van der Waals surface area contributed by atoms with E-state index in [1.165, 1.54) is 12.8 Å². The standard InChI is InChI=1S/C11H16BrClN2/c1-3-8(4-2)6-14-10-5-9(12)7-15-11(10)13/h5,7-8,14H,3-4,6H2,1-2H3. The van der Waals surface area contributed by atoms with E-state index in [4.69, 9.17) is 11.6 Å². The van der Waals surface area contributed by atoms with Crippen LogP contribution in [0.4, 0.5) is 5.69 Å². The second-order valence-corrected chi connectivity index (χ2v) is 4.83. The van der Waals surface area contributed by atoms with Crippen molar-refractivity contribution >= 4 is 33.2 Å². The van der Waals surface area contributed by atoms with Crippen LogP contribution in [0.15, 0.2) is 16.7 Å². The molecule has 0 spiro atoms. The van der Waals surface area contributed by atoms with Crippen molar-refractivity contribution < 1.29 is 0 Å². The van der Waals surface area contributed by atoms with Crippen molar-refractivity contribution in [1.29, 1.82) is 0 Å². The van der Waals surface area contributed by atoms with E-state index in [2.05, 4.69) is 40.1 Å². The summed E-state index contributed by atoms with van der Waals surface area (Å²) in [6.45, 7) is 5.36. The summed E-state index contributed by atoms with van der Waals surface area (Å²) in [4.78, 5) is 4.06. The first-order valence-corrected chi connectivity index (χ1v) is 6.39. The van der Waals surface area contributed by atoms with E-state index < -0.39 is 0 Å². The Bertz CT molecular complexity index is 313. The average Bonchev–Trinajstić information content (AvgIpc) is 2.24. The Balaban J connectivity index is 2.60. The normalized spacial score (nSPS) is 10.7. The maximum absolute atomic E-state index is 5.97. The van der Waals surface area contributed by atoms with Crippen molar-refractivity contribution in [3.8, 4) is 0 Å². The molecule has 15 heavy (non-hydrogen) atoms. The van der Waals surface area contributed by atoms with Crippen molar-refractivity contribution in [2.45, 2.75) is 26.7 Å². The Morgan fingerprint density at radius 3 is 2.73 bits per heavy atom. The predicted molar refractivity (Wildman–Crippen MR) is 69.5 cm³/mol. The van der Waals surface area contributed by atoms with E-state index >= 15 is 0 Å². The molecule has 0 saturated carbocycles. The van der Waals surface area contributed by atoms with E-state index in [1.807, 2.05) is 6.07 Å². The number of nitrogens with one attached hydrogen (secondary N) is 1. The molecule has 0 fully saturated rings. The third kappa shape index (κ3) is 3.99. The highest BCUT2D eigenvalue weighted by Crippen LogP contribution is 2.23. The molecule has 1 N–H and O–H groups in total. The minimum absolute atomic E-state index is 0.532. The first kappa shape index (κ1) is 12.8. The molecule has 84 valence electrons. The van der Waals surface area contributed by atoms with Gasteiger partial charge < -0.3 is 5.32 Å². The first-order valence-electron chi connectivity index (χ1n) is 5.22. The topological polar surface area (TPSA) is 24.9 Å². The lowest BCUT2D eigenvalue weighted by Gasteiger charge is -2.14. The summed E-state index contributed by atoms with van der Waals surface area (Å²) in [7, 11) is 0. The largest absolute Gasteiger partial charge is 0.382 e. The molecule has 1 rings (SSSR count). The zero-order valence-electron chi connectivity index (χ0n) is 9.06. The summed E-state index contributed by atoms with van der Waals surface area (Å²) in [5.41, 5.74) is 0.901. The van der Waals surface area contributed by atoms with Gasteiger partial charge in [-0.1, -0.05) is 38.3 Å². The molecule has 0 aliphatic rings. The molecule has 0 atom stereocenters. The second-order valence-electron chi connectivity index (χ2n) is 3.56. The van der Waals surface area contributed by atoms with E-state index in [-0.39, 0.29) is 0 Å². The minimum Gasteiger partial charge on any atom is -0.382 e. The number of anilines is 1. The zero-order chi connectivity index (χ0) is 11.3. The molecule has 0 unspecified atom stereocenters.